The van der Waals surface area contributed by atoms with Crippen LogP contribution in [-0.4, -0.2) is 49.1 Å². The number of hydrogen-bond acceptors (Lipinski definition) is 3. The quantitative estimate of drug-likeness (QED) is 0.731. The van der Waals surface area contributed by atoms with Crippen molar-refractivity contribution < 1.29 is 0 Å². The van der Waals surface area contributed by atoms with E-state index in [2.05, 4.69) is 49.0 Å². The van der Waals surface area contributed by atoms with Crippen molar-refractivity contribution in [3.05, 3.63) is 11.9 Å². The Morgan fingerprint density at radius 2 is 1.79 bits per heavy atom. The van der Waals surface area contributed by atoms with Crippen LogP contribution in [0.25, 0.3) is 0 Å². The Bertz CT molecular complexity index is 191. The standard InChI is InChI=1S/C11H23N3/c1-5-11(12-10(2)3)14-8-6-13(4)7-9-14/h5,10,12H,6-9H2,1-4H3/b11-5+. The Balaban J connectivity index is 2.46. The third kappa shape index (κ3) is 3.22. The van der Waals surface area contributed by atoms with E-state index in [1.807, 2.05) is 0 Å². The van der Waals surface area contributed by atoms with Gasteiger partial charge in [0.05, 0.1) is 5.82 Å². The molecule has 0 atom stereocenters. The minimum absolute atomic E-state index is 0.515. The maximum Gasteiger partial charge on any atom is 0.0971 e. The first-order chi connectivity index (χ1) is 6.63. The molecule has 3 heteroatoms. The van der Waals surface area contributed by atoms with E-state index >= 15 is 0 Å². The van der Waals surface area contributed by atoms with Crippen LogP contribution in [0.2, 0.25) is 0 Å². The summed E-state index contributed by atoms with van der Waals surface area (Å²) in [6.07, 6.45) is 2.17. The van der Waals surface area contributed by atoms with E-state index in [0.717, 1.165) is 26.2 Å². The van der Waals surface area contributed by atoms with Crippen LogP contribution < -0.4 is 5.32 Å². The zero-order valence-corrected chi connectivity index (χ0v) is 9.88. The summed E-state index contributed by atoms with van der Waals surface area (Å²) in [5.74, 6) is 1.29. The Morgan fingerprint density at radius 3 is 2.21 bits per heavy atom. The van der Waals surface area contributed by atoms with Crippen LogP contribution in [0, 0.1) is 0 Å². The molecule has 3 nitrogen and oxygen atoms in total. The number of hydrogen-bond donors (Lipinski definition) is 1. The van der Waals surface area contributed by atoms with Crippen molar-refractivity contribution in [1.29, 1.82) is 0 Å². The smallest absolute Gasteiger partial charge is 0.0971 e. The summed E-state index contributed by atoms with van der Waals surface area (Å²) in [5.41, 5.74) is 0. The zero-order chi connectivity index (χ0) is 10.6. The second-order valence-corrected chi connectivity index (χ2v) is 4.26. The van der Waals surface area contributed by atoms with Crippen LogP contribution in [0.15, 0.2) is 11.9 Å². The second-order valence-electron chi connectivity index (χ2n) is 4.26. The van der Waals surface area contributed by atoms with Gasteiger partial charge in [0.15, 0.2) is 0 Å². The van der Waals surface area contributed by atoms with Gasteiger partial charge >= 0.3 is 0 Å². The fourth-order valence-electron chi connectivity index (χ4n) is 1.70. The third-order valence-electron chi connectivity index (χ3n) is 2.55. The molecule has 0 aromatic rings. The summed E-state index contributed by atoms with van der Waals surface area (Å²) < 4.78 is 0. The van der Waals surface area contributed by atoms with Crippen LogP contribution in [0.4, 0.5) is 0 Å². The molecule has 0 bridgehead atoms. The van der Waals surface area contributed by atoms with Gasteiger partial charge in [0.25, 0.3) is 0 Å². The third-order valence-corrected chi connectivity index (χ3v) is 2.55. The van der Waals surface area contributed by atoms with Gasteiger partial charge in [0, 0.05) is 32.2 Å². The van der Waals surface area contributed by atoms with Gasteiger partial charge in [-0.15, -0.1) is 0 Å². The number of likely N-dealkylation sites (N-methyl/N-ethyl adjacent to an activating group) is 1. The van der Waals surface area contributed by atoms with Gasteiger partial charge in [-0.25, -0.2) is 0 Å². The molecule has 82 valence electrons. The molecule has 0 aliphatic carbocycles. The average Bonchev–Trinajstić information content (AvgIpc) is 2.15. The minimum atomic E-state index is 0.515. The summed E-state index contributed by atoms with van der Waals surface area (Å²) in [5, 5.41) is 3.48. The highest BCUT2D eigenvalue weighted by atomic mass is 15.3. The van der Waals surface area contributed by atoms with Crippen LogP contribution in [0.1, 0.15) is 20.8 Å². The summed E-state index contributed by atoms with van der Waals surface area (Å²) in [4.78, 5) is 4.80. The van der Waals surface area contributed by atoms with Crippen LogP contribution in [-0.2, 0) is 0 Å². The van der Waals surface area contributed by atoms with Gasteiger partial charge in [0.1, 0.15) is 0 Å². The van der Waals surface area contributed by atoms with Crippen LogP contribution >= 0.6 is 0 Å². The van der Waals surface area contributed by atoms with Crippen molar-refractivity contribution in [2.75, 3.05) is 33.2 Å². The highest BCUT2D eigenvalue weighted by Gasteiger charge is 2.15. The molecule has 14 heavy (non-hydrogen) atoms. The second kappa shape index (κ2) is 5.25. The van der Waals surface area contributed by atoms with Gasteiger partial charge in [-0.1, -0.05) is 0 Å². The molecule has 1 rings (SSSR count). The van der Waals surface area contributed by atoms with Gasteiger partial charge < -0.3 is 15.1 Å². The maximum absolute atomic E-state index is 3.48. The van der Waals surface area contributed by atoms with Crippen molar-refractivity contribution in [3.63, 3.8) is 0 Å². The molecule has 1 saturated heterocycles. The summed E-state index contributed by atoms with van der Waals surface area (Å²) in [7, 11) is 2.18. The number of piperazine rings is 1. The Hall–Kier alpha value is -0.700. The van der Waals surface area contributed by atoms with Gasteiger partial charge in [-0.2, -0.15) is 0 Å². The summed E-state index contributed by atoms with van der Waals surface area (Å²) in [6.45, 7) is 11.1. The Kier molecular flexibility index (Phi) is 4.26. The lowest BCUT2D eigenvalue weighted by molar-refractivity contribution is 0.176. The molecule has 1 N–H and O–H groups in total. The van der Waals surface area contributed by atoms with Crippen LogP contribution in [0.5, 0.6) is 0 Å². The van der Waals surface area contributed by atoms with E-state index in [-0.39, 0.29) is 0 Å². The summed E-state index contributed by atoms with van der Waals surface area (Å²) >= 11 is 0. The molecule has 0 aromatic heterocycles. The fraction of sp³-hybridized carbons (Fsp3) is 0.818. The normalized spacial score (nSPS) is 20.4. The first-order valence-corrected chi connectivity index (χ1v) is 5.50. The van der Waals surface area contributed by atoms with Crippen LogP contribution in [0.3, 0.4) is 0 Å². The summed E-state index contributed by atoms with van der Waals surface area (Å²) in [6, 6.07) is 0.515. The van der Waals surface area contributed by atoms with Crippen molar-refractivity contribution in [2.24, 2.45) is 0 Å². The first-order valence-electron chi connectivity index (χ1n) is 5.50. The van der Waals surface area contributed by atoms with E-state index < -0.39 is 0 Å². The Labute approximate surface area is 87.8 Å². The largest absolute Gasteiger partial charge is 0.370 e. The lowest BCUT2D eigenvalue weighted by Crippen LogP contribution is -2.47. The highest BCUT2D eigenvalue weighted by Crippen LogP contribution is 2.06. The van der Waals surface area contributed by atoms with Crippen molar-refractivity contribution in [2.45, 2.75) is 26.8 Å². The number of rotatable bonds is 3. The van der Waals surface area contributed by atoms with Gasteiger partial charge in [-0.05, 0) is 33.9 Å². The molecule has 0 amide bonds. The van der Waals surface area contributed by atoms with E-state index in [4.69, 9.17) is 0 Å². The molecule has 0 saturated carbocycles. The maximum atomic E-state index is 3.48. The van der Waals surface area contributed by atoms with Gasteiger partial charge in [0.2, 0.25) is 0 Å². The van der Waals surface area contributed by atoms with Gasteiger partial charge in [-0.3, -0.25) is 0 Å². The molecule has 1 heterocycles. The lowest BCUT2D eigenvalue weighted by atomic mass is 10.3. The van der Waals surface area contributed by atoms with E-state index in [9.17, 15) is 0 Å². The van der Waals surface area contributed by atoms with Crippen molar-refractivity contribution in [3.8, 4) is 0 Å². The molecule has 1 fully saturated rings. The molecule has 0 unspecified atom stereocenters. The number of nitrogens with one attached hydrogen (secondary N) is 1. The minimum Gasteiger partial charge on any atom is -0.370 e. The Morgan fingerprint density at radius 1 is 1.21 bits per heavy atom. The van der Waals surface area contributed by atoms with E-state index in [1.54, 1.807) is 0 Å². The molecule has 1 aliphatic heterocycles. The molecule has 1 aliphatic rings. The monoisotopic (exact) mass is 197 g/mol. The highest BCUT2D eigenvalue weighted by molar-refractivity contribution is 4.99. The predicted molar refractivity (Wildman–Crippen MR) is 61.1 cm³/mol. The van der Waals surface area contributed by atoms with Crippen molar-refractivity contribution in [1.82, 2.24) is 15.1 Å². The van der Waals surface area contributed by atoms with E-state index in [1.165, 1.54) is 5.82 Å². The predicted octanol–water partition coefficient (Wildman–Crippen LogP) is 1.09. The average molecular weight is 197 g/mol. The first kappa shape index (κ1) is 11.4. The molecule has 0 aromatic carbocycles. The number of nitrogens with zero attached hydrogens (tertiary/aromatic N) is 2. The molecular formula is C11H23N3. The zero-order valence-electron chi connectivity index (χ0n) is 9.88. The lowest BCUT2D eigenvalue weighted by Gasteiger charge is -2.36. The van der Waals surface area contributed by atoms with Crippen molar-refractivity contribution >= 4 is 0 Å². The number of allylic oxidation sites excluding steroid dienone is 1. The molecule has 0 spiro atoms. The SMILES string of the molecule is C/C=C(\NC(C)C)N1CCN(C)CC1. The molecular weight excluding hydrogens is 174 g/mol. The van der Waals surface area contributed by atoms with E-state index in [0.29, 0.717) is 6.04 Å². The fourth-order valence-corrected chi connectivity index (χ4v) is 1.70. The molecule has 0 radical (unpaired) electrons. The topological polar surface area (TPSA) is 18.5 Å².